The zero-order chi connectivity index (χ0) is 14.8. The largest absolute Gasteiger partial charge is 0.416 e. The predicted octanol–water partition coefficient (Wildman–Crippen LogP) is 2.20. The standard InChI is InChI=1S/C12H14F4N2O/c1-11(2,10(17)19)18-6-7-3-4-8(13)5-9(7)12(14,15)16/h3-5,18H,6H2,1-2H3,(H2,17,19). The van der Waals surface area contributed by atoms with Gasteiger partial charge in [-0.25, -0.2) is 4.39 Å². The monoisotopic (exact) mass is 278 g/mol. The Morgan fingerprint density at radius 3 is 2.37 bits per heavy atom. The van der Waals surface area contributed by atoms with Crippen LogP contribution in [-0.2, 0) is 17.5 Å². The number of amides is 1. The number of hydrogen-bond donors (Lipinski definition) is 2. The average Bonchev–Trinajstić information content (AvgIpc) is 2.26. The van der Waals surface area contributed by atoms with Crippen LogP contribution in [0.4, 0.5) is 17.6 Å². The fraction of sp³-hybridized carbons (Fsp3) is 0.417. The second-order valence-electron chi connectivity index (χ2n) is 4.64. The van der Waals surface area contributed by atoms with Gasteiger partial charge in [-0.2, -0.15) is 13.2 Å². The first-order valence-electron chi connectivity index (χ1n) is 5.44. The average molecular weight is 278 g/mol. The van der Waals surface area contributed by atoms with Gasteiger partial charge in [-0.15, -0.1) is 0 Å². The highest BCUT2D eigenvalue weighted by Gasteiger charge is 2.34. The summed E-state index contributed by atoms with van der Waals surface area (Å²) in [6.07, 6.45) is -4.66. The van der Waals surface area contributed by atoms with Crippen LogP contribution >= 0.6 is 0 Å². The Hall–Kier alpha value is -1.63. The van der Waals surface area contributed by atoms with Gasteiger partial charge in [0.05, 0.1) is 11.1 Å². The first-order valence-corrected chi connectivity index (χ1v) is 5.44. The predicted molar refractivity (Wildman–Crippen MR) is 61.5 cm³/mol. The number of nitrogens with two attached hydrogens (primary N) is 1. The molecule has 0 saturated carbocycles. The van der Waals surface area contributed by atoms with Crippen LogP contribution in [0.25, 0.3) is 0 Å². The minimum Gasteiger partial charge on any atom is -0.368 e. The molecule has 1 aromatic rings. The second kappa shape index (κ2) is 5.16. The van der Waals surface area contributed by atoms with Crippen molar-refractivity contribution in [2.45, 2.75) is 32.1 Å². The van der Waals surface area contributed by atoms with E-state index in [4.69, 9.17) is 5.73 Å². The van der Waals surface area contributed by atoms with E-state index in [1.54, 1.807) is 0 Å². The van der Waals surface area contributed by atoms with E-state index in [-0.39, 0.29) is 12.1 Å². The topological polar surface area (TPSA) is 55.1 Å². The molecular weight excluding hydrogens is 264 g/mol. The molecule has 3 N–H and O–H groups in total. The minimum absolute atomic E-state index is 0.150. The van der Waals surface area contributed by atoms with Gasteiger partial charge in [-0.3, -0.25) is 10.1 Å². The van der Waals surface area contributed by atoms with Crippen molar-refractivity contribution in [2.24, 2.45) is 5.73 Å². The lowest BCUT2D eigenvalue weighted by molar-refractivity contribution is -0.138. The molecule has 1 aromatic carbocycles. The van der Waals surface area contributed by atoms with E-state index in [0.29, 0.717) is 6.07 Å². The number of benzene rings is 1. The molecule has 0 bridgehead atoms. The number of nitrogens with one attached hydrogen (secondary N) is 1. The number of halogens is 4. The molecule has 0 atom stereocenters. The number of carbonyl (C=O) groups is 1. The molecule has 106 valence electrons. The summed E-state index contributed by atoms with van der Waals surface area (Å²) in [5.74, 6) is -1.66. The number of carbonyl (C=O) groups excluding carboxylic acids is 1. The van der Waals surface area contributed by atoms with E-state index in [9.17, 15) is 22.4 Å². The SMILES string of the molecule is CC(C)(NCc1ccc(F)cc1C(F)(F)F)C(N)=O. The van der Waals surface area contributed by atoms with Gasteiger partial charge < -0.3 is 5.73 Å². The third-order valence-corrected chi connectivity index (χ3v) is 2.71. The van der Waals surface area contributed by atoms with E-state index in [1.165, 1.54) is 13.8 Å². The first-order chi connectivity index (χ1) is 8.54. The van der Waals surface area contributed by atoms with Gasteiger partial charge in [0.1, 0.15) is 5.82 Å². The van der Waals surface area contributed by atoms with E-state index in [0.717, 1.165) is 12.1 Å². The van der Waals surface area contributed by atoms with Gasteiger partial charge in [0.15, 0.2) is 0 Å². The zero-order valence-electron chi connectivity index (χ0n) is 10.4. The molecule has 0 aliphatic carbocycles. The van der Waals surface area contributed by atoms with Crippen molar-refractivity contribution in [3.8, 4) is 0 Å². The molecule has 7 heteroatoms. The fourth-order valence-corrected chi connectivity index (χ4v) is 1.37. The Balaban J connectivity index is 3.00. The van der Waals surface area contributed by atoms with Crippen LogP contribution in [0.5, 0.6) is 0 Å². The summed E-state index contributed by atoms with van der Waals surface area (Å²) < 4.78 is 51.0. The maximum absolute atomic E-state index is 12.9. The Kier molecular flexibility index (Phi) is 4.19. The lowest BCUT2D eigenvalue weighted by Crippen LogP contribution is -2.50. The van der Waals surface area contributed by atoms with Gasteiger partial charge >= 0.3 is 6.18 Å². The summed E-state index contributed by atoms with van der Waals surface area (Å²) in [6.45, 7) is 2.66. The van der Waals surface area contributed by atoms with Crippen LogP contribution in [0.1, 0.15) is 25.0 Å². The van der Waals surface area contributed by atoms with Gasteiger partial charge in [-0.1, -0.05) is 6.07 Å². The maximum atomic E-state index is 12.9. The summed E-state index contributed by atoms with van der Waals surface area (Å²) in [7, 11) is 0. The third-order valence-electron chi connectivity index (χ3n) is 2.71. The normalized spacial score (nSPS) is 12.5. The Morgan fingerprint density at radius 1 is 1.32 bits per heavy atom. The zero-order valence-corrected chi connectivity index (χ0v) is 10.4. The number of rotatable bonds is 4. The van der Waals surface area contributed by atoms with Crippen molar-refractivity contribution in [3.63, 3.8) is 0 Å². The third kappa shape index (κ3) is 3.92. The van der Waals surface area contributed by atoms with Crippen LogP contribution in [-0.4, -0.2) is 11.4 Å². The minimum atomic E-state index is -4.66. The Bertz CT molecular complexity index is 483. The van der Waals surface area contributed by atoms with Crippen molar-refractivity contribution in [3.05, 3.63) is 35.1 Å². The van der Waals surface area contributed by atoms with E-state index in [2.05, 4.69) is 5.32 Å². The number of primary amides is 1. The van der Waals surface area contributed by atoms with Gasteiger partial charge in [-0.05, 0) is 31.5 Å². The van der Waals surface area contributed by atoms with Crippen LogP contribution in [0.2, 0.25) is 0 Å². The molecule has 0 heterocycles. The summed E-state index contributed by atoms with van der Waals surface area (Å²) in [5, 5.41) is 2.61. The smallest absolute Gasteiger partial charge is 0.368 e. The fourth-order valence-electron chi connectivity index (χ4n) is 1.37. The van der Waals surface area contributed by atoms with Gasteiger partial charge in [0.25, 0.3) is 0 Å². The van der Waals surface area contributed by atoms with Gasteiger partial charge in [0, 0.05) is 6.54 Å². The lowest BCUT2D eigenvalue weighted by Gasteiger charge is -2.23. The molecule has 0 spiro atoms. The molecule has 19 heavy (non-hydrogen) atoms. The van der Waals surface area contributed by atoms with Crippen molar-refractivity contribution < 1.29 is 22.4 Å². The highest BCUT2D eigenvalue weighted by molar-refractivity contribution is 5.83. The van der Waals surface area contributed by atoms with Crippen molar-refractivity contribution >= 4 is 5.91 Å². The maximum Gasteiger partial charge on any atom is 0.416 e. The van der Waals surface area contributed by atoms with Crippen molar-refractivity contribution in [2.75, 3.05) is 0 Å². The summed E-state index contributed by atoms with van der Waals surface area (Å²) in [5.41, 5.74) is 2.72. The summed E-state index contributed by atoms with van der Waals surface area (Å²) in [4.78, 5) is 11.1. The molecule has 0 aliphatic heterocycles. The molecular formula is C12H14F4N2O. The molecule has 0 aliphatic rings. The molecule has 3 nitrogen and oxygen atoms in total. The summed E-state index contributed by atoms with van der Waals surface area (Å²) >= 11 is 0. The summed E-state index contributed by atoms with van der Waals surface area (Å²) in [6, 6.07) is 2.39. The Morgan fingerprint density at radius 2 is 1.89 bits per heavy atom. The van der Waals surface area contributed by atoms with Crippen LogP contribution in [0, 0.1) is 5.82 Å². The molecule has 1 amide bonds. The molecule has 0 unspecified atom stereocenters. The first kappa shape index (κ1) is 15.4. The lowest BCUT2D eigenvalue weighted by atomic mass is 10.0. The number of hydrogen-bond acceptors (Lipinski definition) is 2. The highest BCUT2D eigenvalue weighted by atomic mass is 19.4. The van der Waals surface area contributed by atoms with E-state index < -0.39 is 29.0 Å². The highest BCUT2D eigenvalue weighted by Crippen LogP contribution is 2.32. The second-order valence-corrected chi connectivity index (χ2v) is 4.64. The molecule has 0 fully saturated rings. The van der Waals surface area contributed by atoms with Gasteiger partial charge in [0.2, 0.25) is 5.91 Å². The molecule has 0 radical (unpaired) electrons. The number of alkyl halides is 3. The van der Waals surface area contributed by atoms with E-state index >= 15 is 0 Å². The van der Waals surface area contributed by atoms with Crippen LogP contribution < -0.4 is 11.1 Å². The van der Waals surface area contributed by atoms with Crippen LogP contribution in [0.3, 0.4) is 0 Å². The molecule has 0 saturated heterocycles. The molecule has 0 aromatic heterocycles. The van der Waals surface area contributed by atoms with Crippen LogP contribution in [0.15, 0.2) is 18.2 Å². The Labute approximate surface area is 107 Å². The van der Waals surface area contributed by atoms with Crippen molar-refractivity contribution in [1.29, 1.82) is 0 Å². The van der Waals surface area contributed by atoms with E-state index in [1.807, 2.05) is 0 Å². The van der Waals surface area contributed by atoms with Crippen molar-refractivity contribution in [1.82, 2.24) is 5.32 Å². The quantitative estimate of drug-likeness (QED) is 0.830. The molecule has 1 rings (SSSR count).